The SMILES string of the molecule is Cc1ccc([C@@H](N)CCCCN)c(F)c1.Cl. The largest absolute Gasteiger partial charge is 0.330 e. The molecule has 0 bridgehead atoms. The predicted molar refractivity (Wildman–Crippen MR) is 68.2 cm³/mol. The highest BCUT2D eigenvalue weighted by Crippen LogP contribution is 2.20. The molecule has 0 saturated heterocycles. The zero-order chi connectivity index (χ0) is 11.3. The Morgan fingerprint density at radius 3 is 2.56 bits per heavy atom. The molecule has 0 aliphatic heterocycles. The minimum Gasteiger partial charge on any atom is -0.330 e. The van der Waals surface area contributed by atoms with Gasteiger partial charge in [0, 0.05) is 11.6 Å². The molecule has 0 unspecified atom stereocenters. The zero-order valence-corrected chi connectivity index (χ0v) is 10.4. The molecular weight excluding hydrogens is 227 g/mol. The molecule has 0 radical (unpaired) electrons. The summed E-state index contributed by atoms with van der Waals surface area (Å²) < 4.78 is 13.5. The van der Waals surface area contributed by atoms with Gasteiger partial charge in [0.05, 0.1) is 0 Å². The highest BCUT2D eigenvalue weighted by atomic mass is 35.5. The third-order valence-corrected chi connectivity index (χ3v) is 2.52. The predicted octanol–water partition coefficient (Wildman–Crippen LogP) is 2.68. The summed E-state index contributed by atoms with van der Waals surface area (Å²) in [6.07, 6.45) is 2.68. The van der Waals surface area contributed by atoms with Crippen LogP contribution in [0.25, 0.3) is 0 Å². The van der Waals surface area contributed by atoms with Crippen molar-refractivity contribution >= 4 is 12.4 Å². The maximum atomic E-state index is 13.5. The summed E-state index contributed by atoms with van der Waals surface area (Å²) in [6, 6.07) is 4.98. The van der Waals surface area contributed by atoms with Crippen molar-refractivity contribution in [1.29, 1.82) is 0 Å². The topological polar surface area (TPSA) is 52.0 Å². The first-order chi connectivity index (χ1) is 7.15. The van der Waals surface area contributed by atoms with E-state index < -0.39 is 0 Å². The second kappa shape index (κ2) is 7.60. The van der Waals surface area contributed by atoms with E-state index in [2.05, 4.69) is 0 Å². The summed E-state index contributed by atoms with van der Waals surface area (Å²) in [7, 11) is 0. The number of aryl methyl sites for hydroxylation is 1. The molecule has 1 aromatic rings. The first-order valence-corrected chi connectivity index (χ1v) is 5.37. The molecule has 16 heavy (non-hydrogen) atoms. The molecule has 1 aromatic carbocycles. The smallest absolute Gasteiger partial charge is 0.128 e. The summed E-state index contributed by atoms with van der Waals surface area (Å²) in [5, 5.41) is 0. The Balaban J connectivity index is 0.00000225. The van der Waals surface area contributed by atoms with Crippen molar-refractivity contribution in [3.63, 3.8) is 0 Å². The van der Waals surface area contributed by atoms with Gasteiger partial charge >= 0.3 is 0 Å². The molecule has 0 aromatic heterocycles. The van der Waals surface area contributed by atoms with Crippen LogP contribution in [-0.4, -0.2) is 6.54 Å². The molecule has 4 heteroatoms. The number of hydrogen-bond acceptors (Lipinski definition) is 2. The highest BCUT2D eigenvalue weighted by molar-refractivity contribution is 5.85. The Morgan fingerprint density at radius 1 is 1.31 bits per heavy atom. The molecular formula is C12H20ClFN2. The molecule has 0 spiro atoms. The summed E-state index contributed by atoms with van der Waals surface area (Å²) in [4.78, 5) is 0. The maximum absolute atomic E-state index is 13.5. The lowest BCUT2D eigenvalue weighted by atomic mass is 10.0. The van der Waals surface area contributed by atoms with Crippen LogP contribution in [0.15, 0.2) is 18.2 Å². The van der Waals surface area contributed by atoms with Crippen molar-refractivity contribution in [1.82, 2.24) is 0 Å². The van der Waals surface area contributed by atoms with E-state index in [1.165, 1.54) is 6.07 Å². The fourth-order valence-electron chi connectivity index (χ4n) is 1.60. The number of halogens is 2. The minimum absolute atomic E-state index is 0. The molecule has 0 aliphatic carbocycles. The summed E-state index contributed by atoms with van der Waals surface area (Å²) in [5.74, 6) is -0.199. The number of benzene rings is 1. The summed E-state index contributed by atoms with van der Waals surface area (Å²) in [6.45, 7) is 2.54. The van der Waals surface area contributed by atoms with Crippen molar-refractivity contribution in [2.75, 3.05) is 6.54 Å². The molecule has 4 N–H and O–H groups in total. The van der Waals surface area contributed by atoms with Crippen LogP contribution in [0.1, 0.15) is 36.4 Å². The van der Waals surface area contributed by atoms with Gasteiger partial charge in [0.1, 0.15) is 5.82 Å². The molecule has 0 heterocycles. The molecule has 2 nitrogen and oxygen atoms in total. The van der Waals surface area contributed by atoms with Gasteiger partial charge in [-0.1, -0.05) is 18.6 Å². The lowest BCUT2D eigenvalue weighted by Crippen LogP contribution is -2.12. The van der Waals surface area contributed by atoms with Crippen LogP contribution in [0.3, 0.4) is 0 Å². The van der Waals surface area contributed by atoms with Crippen molar-refractivity contribution in [2.24, 2.45) is 11.5 Å². The van der Waals surface area contributed by atoms with Crippen LogP contribution in [0.5, 0.6) is 0 Å². The molecule has 0 saturated carbocycles. The Morgan fingerprint density at radius 2 is 2.00 bits per heavy atom. The second-order valence-electron chi connectivity index (χ2n) is 3.92. The normalized spacial score (nSPS) is 12.0. The molecule has 1 atom stereocenters. The number of nitrogens with two attached hydrogens (primary N) is 2. The van der Waals surface area contributed by atoms with E-state index >= 15 is 0 Å². The second-order valence-corrected chi connectivity index (χ2v) is 3.92. The zero-order valence-electron chi connectivity index (χ0n) is 9.58. The van der Waals surface area contributed by atoms with Gasteiger partial charge in [0.2, 0.25) is 0 Å². The summed E-state index contributed by atoms with van der Waals surface area (Å²) >= 11 is 0. The van der Waals surface area contributed by atoms with E-state index in [1.807, 2.05) is 13.0 Å². The Bertz CT molecular complexity index is 318. The number of hydrogen-bond donors (Lipinski definition) is 2. The van der Waals surface area contributed by atoms with E-state index in [0.29, 0.717) is 12.1 Å². The van der Waals surface area contributed by atoms with Gasteiger partial charge in [0.25, 0.3) is 0 Å². The summed E-state index contributed by atoms with van der Waals surface area (Å²) in [5.41, 5.74) is 12.8. The van der Waals surface area contributed by atoms with Gasteiger partial charge in [-0.15, -0.1) is 12.4 Å². The first-order valence-electron chi connectivity index (χ1n) is 5.37. The van der Waals surface area contributed by atoms with Crippen LogP contribution < -0.4 is 11.5 Å². The lowest BCUT2D eigenvalue weighted by Gasteiger charge is -2.12. The Labute approximate surface area is 103 Å². The third-order valence-electron chi connectivity index (χ3n) is 2.52. The van der Waals surface area contributed by atoms with E-state index in [1.54, 1.807) is 6.07 Å². The van der Waals surface area contributed by atoms with E-state index in [0.717, 1.165) is 24.8 Å². The highest BCUT2D eigenvalue weighted by Gasteiger charge is 2.10. The number of unbranched alkanes of at least 4 members (excludes halogenated alkanes) is 1. The minimum atomic E-state index is -0.211. The van der Waals surface area contributed by atoms with Crippen LogP contribution in [0, 0.1) is 12.7 Å². The fourth-order valence-corrected chi connectivity index (χ4v) is 1.60. The van der Waals surface area contributed by atoms with Crippen molar-refractivity contribution < 1.29 is 4.39 Å². The maximum Gasteiger partial charge on any atom is 0.128 e. The third kappa shape index (κ3) is 4.47. The van der Waals surface area contributed by atoms with Gasteiger partial charge in [-0.25, -0.2) is 4.39 Å². The van der Waals surface area contributed by atoms with Gasteiger partial charge in [-0.05, 0) is 37.9 Å². The van der Waals surface area contributed by atoms with Gasteiger partial charge in [-0.2, -0.15) is 0 Å². The van der Waals surface area contributed by atoms with Crippen LogP contribution in [0.2, 0.25) is 0 Å². The van der Waals surface area contributed by atoms with E-state index in [4.69, 9.17) is 11.5 Å². The van der Waals surface area contributed by atoms with Gasteiger partial charge < -0.3 is 11.5 Å². The monoisotopic (exact) mass is 246 g/mol. The average Bonchev–Trinajstić information content (AvgIpc) is 2.17. The molecule has 92 valence electrons. The molecule has 0 amide bonds. The van der Waals surface area contributed by atoms with E-state index in [9.17, 15) is 4.39 Å². The standard InChI is InChI=1S/C12H19FN2.ClH/c1-9-5-6-10(11(13)8-9)12(15)4-2-3-7-14;/h5-6,8,12H,2-4,7,14-15H2,1H3;1H/t12-;/m0./s1. The Kier molecular flexibility index (Phi) is 7.30. The van der Waals surface area contributed by atoms with Crippen LogP contribution in [-0.2, 0) is 0 Å². The quantitative estimate of drug-likeness (QED) is 0.785. The van der Waals surface area contributed by atoms with Crippen LogP contribution in [0.4, 0.5) is 4.39 Å². The van der Waals surface area contributed by atoms with Gasteiger partial charge in [0.15, 0.2) is 0 Å². The van der Waals surface area contributed by atoms with Gasteiger partial charge in [-0.3, -0.25) is 0 Å². The molecule has 1 rings (SSSR count). The van der Waals surface area contributed by atoms with Crippen molar-refractivity contribution in [3.05, 3.63) is 35.1 Å². The Hall–Kier alpha value is -0.640. The van der Waals surface area contributed by atoms with Crippen LogP contribution >= 0.6 is 12.4 Å². The lowest BCUT2D eigenvalue weighted by molar-refractivity contribution is 0.542. The van der Waals surface area contributed by atoms with E-state index in [-0.39, 0.29) is 24.3 Å². The average molecular weight is 247 g/mol. The van der Waals surface area contributed by atoms with Crippen molar-refractivity contribution in [3.8, 4) is 0 Å². The fraction of sp³-hybridized carbons (Fsp3) is 0.500. The molecule has 0 aliphatic rings. The number of rotatable bonds is 5. The first kappa shape index (κ1) is 15.4. The van der Waals surface area contributed by atoms with Crippen molar-refractivity contribution in [2.45, 2.75) is 32.2 Å². The molecule has 0 fully saturated rings.